The van der Waals surface area contributed by atoms with Gasteiger partial charge in [0.05, 0.1) is 12.9 Å². The molecule has 7 nitrogen and oxygen atoms in total. The number of ketones is 1. The van der Waals surface area contributed by atoms with Crippen LogP contribution in [0.3, 0.4) is 0 Å². The van der Waals surface area contributed by atoms with Crippen molar-refractivity contribution in [2.75, 3.05) is 12.5 Å². The van der Waals surface area contributed by atoms with Crippen LogP contribution in [0.15, 0.2) is 30.0 Å². The van der Waals surface area contributed by atoms with Gasteiger partial charge in [-0.05, 0) is 28.7 Å². The molecule has 0 fully saturated rings. The number of rotatable bonds is 5. The number of carbonyl (C=O) groups excluding carboxylic acids is 1. The average molecular weight is 348 g/mol. The summed E-state index contributed by atoms with van der Waals surface area (Å²) in [6.45, 7) is 0.397. The molecule has 0 atom stereocenters. The van der Waals surface area contributed by atoms with Gasteiger partial charge in [0.15, 0.2) is 5.78 Å². The van der Waals surface area contributed by atoms with Crippen molar-refractivity contribution >= 4 is 29.3 Å². The van der Waals surface area contributed by atoms with Crippen LogP contribution >= 0.6 is 11.6 Å². The third-order valence-electron chi connectivity index (χ3n) is 3.83. The zero-order chi connectivity index (χ0) is 17.3. The predicted molar refractivity (Wildman–Crippen MR) is 88.5 cm³/mol. The van der Waals surface area contributed by atoms with E-state index in [0.29, 0.717) is 41.6 Å². The van der Waals surface area contributed by atoms with Crippen LogP contribution in [0, 0.1) is 10.1 Å². The lowest BCUT2D eigenvalue weighted by atomic mass is 10.1. The molecule has 1 aromatic heterocycles. The van der Waals surface area contributed by atoms with Gasteiger partial charge in [-0.25, -0.2) is 9.55 Å². The number of ether oxygens (including phenoxy) is 1. The molecule has 24 heavy (non-hydrogen) atoms. The topological polar surface area (TPSA) is 87.3 Å². The van der Waals surface area contributed by atoms with Gasteiger partial charge in [0.25, 0.3) is 0 Å². The van der Waals surface area contributed by atoms with Gasteiger partial charge >= 0.3 is 5.82 Å². The van der Waals surface area contributed by atoms with E-state index in [4.69, 9.17) is 16.3 Å². The van der Waals surface area contributed by atoms with E-state index in [-0.39, 0.29) is 11.6 Å². The first-order valence-corrected chi connectivity index (χ1v) is 7.77. The van der Waals surface area contributed by atoms with E-state index in [1.54, 1.807) is 25.3 Å². The SMILES string of the molecule is Cn1c([N+](=O)[O-])cnc1C=C1Cc2cc(OCCCl)ccc2C1=O. The molecular weight excluding hydrogens is 334 g/mol. The van der Waals surface area contributed by atoms with Crippen LogP contribution < -0.4 is 4.74 Å². The van der Waals surface area contributed by atoms with E-state index in [1.807, 2.05) is 6.07 Å². The highest BCUT2D eigenvalue weighted by atomic mass is 35.5. The summed E-state index contributed by atoms with van der Waals surface area (Å²) in [5.41, 5.74) is 2.02. The number of fused-ring (bicyclic) bond motifs is 1. The van der Waals surface area contributed by atoms with Crippen molar-refractivity contribution in [2.24, 2.45) is 7.05 Å². The summed E-state index contributed by atoms with van der Waals surface area (Å²) in [4.78, 5) is 26.8. The summed E-state index contributed by atoms with van der Waals surface area (Å²) in [7, 11) is 1.54. The Hall–Kier alpha value is -2.67. The van der Waals surface area contributed by atoms with Crippen molar-refractivity contribution < 1.29 is 14.5 Å². The standard InChI is InChI=1S/C16H14ClN3O4/c1-19-14(18-9-15(19)20(22)23)8-11-6-10-7-12(24-5-4-17)2-3-13(10)16(11)21/h2-3,7-9H,4-6H2,1H3. The molecule has 2 aromatic rings. The van der Waals surface area contributed by atoms with Crippen LogP contribution in [0.2, 0.25) is 0 Å². The number of hydrogen-bond acceptors (Lipinski definition) is 5. The molecule has 8 heteroatoms. The molecule has 124 valence electrons. The molecule has 0 bridgehead atoms. The van der Waals surface area contributed by atoms with Crippen LogP contribution in [0.5, 0.6) is 5.75 Å². The Morgan fingerprint density at radius 3 is 2.96 bits per heavy atom. The van der Waals surface area contributed by atoms with Crippen molar-refractivity contribution in [3.8, 4) is 5.75 Å². The normalized spacial score (nSPS) is 14.9. The highest BCUT2D eigenvalue weighted by Gasteiger charge is 2.26. The summed E-state index contributed by atoms with van der Waals surface area (Å²) >= 11 is 5.60. The summed E-state index contributed by atoms with van der Waals surface area (Å²) in [5.74, 6) is 1.20. The fourth-order valence-corrected chi connectivity index (χ4v) is 2.71. The van der Waals surface area contributed by atoms with Crippen LogP contribution in [-0.4, -0.2) is 32.7 Å². The molecule has 0 aliphatic heterocycles. The molecule has 0 unspecified atom stereocenters. The Bertz CT molecular complexity index is 857. The highest BCUT2D eigenvalue weighted by molar-refractivity contribution is 6.18. The van der Waals surface area contributed by atoms with Crippen molar-refractivity contribution in [1.29, 1.82) is 0 Å². The zero-order valence-corrected chi connectivity index (χ0v) is 13.6. The number of aromatic nitrogens is 2. The van der Waals surface area contributed by atoms with Crippen molar-refractivity contribution in [2.45, 2.75) is 6.42 Å². The molecular formula is C16H14ClN3O4. The van der Waals surface area contributed by atoms with Gasteiger partial charge in [-0.15, -0.1) is 11.6 Å². The molecule has 0 radical (unpaired) electrons. The molecule has 1 heterocycles. The summed E-state index contributed by atoms with van der Waals surface area (Å²) in [6.07, 6.45) is 3.21. The zero-order valence-electron chi connectivity index (χ0n) is 12.9. The van der Waals surface area contributed by atoms with Gasteiger partial charge < -0.3 is 14.9 Å². The number of nitro groups is 1. The average Bonchev–Trinajstić information content (AvgIpc) is 3.07. The third kappa shape index (κ3) is 2.90. The minimum atomic E-state index is -0.513. The van der Waals surface area contributed by atoms with Gasteiger partial charge in [-0.3, -0.25) is 4.79 Å². The van der Waals surface area contributed by atoms with Crippen LogP contribution in [0.1, 0.15) is 21.7 Å². The quantitative estimate of drug-likeness (QED) is 0.359. The molecule has 1 aliphatic carbocycles. The lowest BCUT2D eigenvalue weighted by Crippen LogP contribution is -2.01. The first-order valence-electron chi connectivity index (χ1n) is 7.24. The number of alkyl halides is 1. The van der Waals surface area contributed by atoms with Crippen LogP contribution in [-0.2, 0) is 13.5 Å². The molecule has 1 aliphatic rings. The summed E-state index contributed by atoms with van der Waals surface area (Å²) in [5, 5.41) is 10.9. The Morgan fingerprint density at radius 2 is 2.29 bits per heavy atom. The second-order valence-electron chi connectivity index (χ2n) is 5.32. The molecule has 0 amide bonds. The maximum Gasteiger partial charge on any atom is 0.342 e. The Kier molecular flexibility index (Phi) is 4.35. The van der Waals surface area contributed by atoms with Gasteiger partial charge in [0.2, 0.25) is 5.82 Å². The fourth-order valence-electron chi connectivity index (χ4n) is 2.63. The Morgan fingerprint density at radius 1 is 1.50 bits per heavy atom. The van der Waals surface area contributed by atoms with E-state index < -0.39 is 4.92 Å². The molecule has 0 spiro atoms. The number of nitrogens with zero attached hydrogens (tertiary/aromatic N) is 3. The summed E-state index contributed by atoms with van der Waals surface area (Å²) < 4.78 is 6.81. The lowest BCUT2D eigenvalue weighted by molar-refractivity contribution is -0.391. The largest absolute Gasteiger partial charge is 0.492 e. The first-order chi connectivity index (χ1) is 11.5. The van der Waals surface area contributed by atoms with E-state index in [0.717, 1.165) is 5.56 Å². The smallest absolute Gasteiger partial charge is 0.342 e. The molecule has 1 aromatic carbocycles. The number of halogens is 1. The number of carbonyl (C=O) groups is 1. The van der Waals surface area contributed by atoms with E-state index in [9.17, 15) is 14.9 Å². The van der Waals surface area contributed by atoms with Gasteiger partial charge in [0.1, 0.15) is 18.6 Å². The number of allylic oxidation sites excluding steroid dienone is 1. The number of imidazole rings is 1. The molecule has 3 rings (SSSR count). The van der Waals surface area contributed by atoms with Crippen LogP contribution in [0.25, 0.3) is 6.08 Å². The van der Waals surface area contributed by atoms with Gasteiger partial charge in [-0.2, -0.15) is 0 Å². The minimum Gasteiger partial charge on any atom is -0.492 e. The second kappa shape index (κ2) is 6.45. The number of Topliss-reactive ketones (excluding diaryl/α,β-unsaturated/α-hetero) is 1. The van der Waals surface area contributed by atoms with Crippen molar-refractivity contribution in [1.82, 2.24) is 9.55 Å². The van der Waals surface area contributed by atoms with E-state index in [1.165, 1.54) is 10.8 Å². The van der Waals surface area contributed by atoms with E-state index in [2.05, 4.69) is 4.98 Å². The Labute approximate surface area is 142 Å². The molecule has 0 saturated carbocycles. The molecule has 0 saturated heterocycles. The van der Waals surface area contributed by atoms with Gasteiger partial charge in [-0.1, -0.05) is 0 Å². The Balaban J connectivity index is 1.89. The number of hydrogen-bond donors (Lipinski definition) is 0. The van der Waals surface area contributed by atoms with Gasteiger partial charge in [0, 0.05) is 23.6 Å². The summed E-state index contributed by atoms with van der Waals surface area (Å²) in [6, 6.07) is 5.28. The van der Waals surface area contributed by atoms with Crippen molar-refractivity contribution in [3.05, 3.63) is 57.0 Å². The maximum absolute atomic E-state index is 12.5. The lowest BCUT2D eigenvalue weighted by Gasteiger charge is -2.05. The molecule has 0 N–H and O–H groups in total. The maximum atomic E-state index is 12.5. The highest BCUT2D eigenvalue weighted by Crippen LogP contribution is 2.31. The monoisotopic (exact) mass is 347 g/mol. The fraction of sp³-hybridized carbons (Fsp3) is 0.250. The minimum absolute atomic E-state index is 0.0976. The number of benzene rings is 1. The second-order valence-corrected chi connectivity index (χ2v) is 5.70. The first kappa shape index (κ1) is 16.2. The van der Waals surface area contributed by atoms with Crippen LogP contribution in [0.4, 0.5) is 5.82 Å². The van der Waals surface area contributed by atoms with E-state index >= 15 is 0 Å². The van der Waals surface area contributed by atoms with Crippen molar-refractivity contribution in [3.63, 3.8) is 0 Å². The third-order valence-corrected chi connectivity index (χ3v) is 3.98. The predicted octanol–water partition coefficient (Wildman–Crippen LogP) is 2.77.